The summed E-state index contributed by atoms with van der Waals surface area (Å²) in [5, 5.41) is 10.6. The third-order valence-electron chi connectivity index (χ3n) is 7.36. The van der Waals surface area contributed by atoms with E-state index >= 15 is 0 Å². The normalized spacial score (nSPS) is 16.5. The molecule has 0 aromatic heterocycles. The summed E-state index contributed by atoms with van der Waals surface area (Å²) < 4.78 is 18.1. The second-order valence-electron chi connectivity index (χ2n) is 10.7. The van der Waals surface area contributed by atoms with Gasteiger partial charge in [-0.1, -0.05) is 45.0 Å². The van der Waals surface area contributed by atoms with Crippen LogP contribution < -0.4 is 9.47 Å². The number of ether oxygens (including phenoxy) is 2. The zero-order chi connectivity index (χ0) is 23.5. The van der Waals surface area contributed by atoms with Crippen LogP contribution in [0.1, 0.15) is 50.0 Å². The Morgan fingerprint density at radius 3 is 1.94 bits per heavy atom. The minimum absolute atomic E-state index is 0.000231. The Balaban J connectivity index is 1.94. The topological polar surface area (TPSA) is 47.9 Å². The van der Waals surface area contributed by atoms with E-state index in [1.165, 1.54) is 11.1 Å². The van der Waals surface area contributed by atoms with Crippen molar-refractivity contribution < 1.29 is 19.0 Å². The van der Waals surface area contributed by atoms with Gasteiger partial charge in [0.25, 0.3) is 0 Å². The van der Waals surface area contributed by atoms with E-state index in [1.54, 1.807) is 14.2 Å². The van der Waals surface area contributed by atoms with Crippen LogP contribution in [-0.2, 0) is 17.3 Å². The van der Waals surface area contributed by atoms with Gasteiger partial charge in [-0.3, -0.25) is 0 Å². The second-order valence-corrected chi connectivity index (χ2v) is 15.4. The highest BCUT2D eigenvalue weighted by Crippen LogP contribution is 2.44. The molecule has 32 heavy (non-hydrogen) atoms. The van der Waals surface area contributed by atoms with Gasteiger partial charge in [0.15, 0.2) is 8.32 Å². The molecule has 2 aromatic rings. The van der Waals surface area contributed by atoms with Crippen LogP contribution >= 0.6 is 0 Å². The van der Waals surface area contributed by atoms with Gasteiger partial charge in [-0.05, 0) is 72.1 Å². The van der Waals surface area contributed by atoms with Crippen molar-refractivity contribution in [2.45, 2.75) is 64.3 Å². The lowest BCUT2D eigenvalue weighted by molar-refractivity contribution is 0.0601. The molecule has 1 N–H and O–H groups in total. The van der Waals surface area contributed by atoms with Crippen molar-refractivity contribution >= 4 is 8.32 Å². The van der Waals surface area contributed by atoms with Gasteiger partial charge in [-0.15, -0.1) is 0 Å². The third-order valence-corrected chi connectivity index (χ3v) is 11.8. The van der Waals surface area contributed by atoms with Gasteiger partial charge in [0.2, 0.25) is 0 Å². The first-order valence-electron chi connectivity index (χ1n) is 11.7. The maximum Gasteiger partial charge on any atom is 0.192 e. The summed E-state index contributed by atoms with van der Waals surface area (Å²) in [7, 11) is 1.24. The van der Waals surface area contributed by atoms with Crippen LogP contribution in [-0.4, -0.2) is 34.3 Å². The molecule has 5 heteroatoms. The van der Waals surface area contributed by atoms with E-state index in [0.29, 0.717) is 5.92 Å². The van der Waals surface area contributed by atoms with Crippen molar-refractivity contribution in [3.8, 4) is 11.5 Å². The smallest absolute Gasteiger partial charge is 0.192 e. The molecule has 0 amide bonds. The Hall–Kier alpha value is -1.82. The molecular formula is C27H40O4Si. The van der Waals surface area contributed by atoms with Crippen LogP contribution in [0.15, 0.2) is 42.5 Å². The molecule has 1 aliphatic carbocycles. The predicted octanol–water partition coefficient (Wildman–Crippen LogP) is 6.18. The first-order chi connectivity index (χ1) is 15.1. The molecule has 0 spiro atoms. The monoisotopic (exact) mass is 456 g/mol. The number of hydrogen-bond acceptors (Lipinski definition) is 4. The van der Waals surface area contributed by atoms with E-state index in [2.05, 4.69) is 58.1 Å². The van der Waals surface area contributed by atoms with Crippen molar-refractivity contribution in [1.29, 1.82) is 0 Å². The minimum atomic E-state index is -2.10. The van der Waals surface area contributed by atoms with E-state index in [9.17, 15) is 5.11 Å². The van der Waals surface area contributed by atoms with Crippen molar-refractivity contribution in [2.75, 3.05) is 20.8 Å². The summed E-state index contributed by atoms with van der Waals surface area (Å²) in [5.74, 6) is 2.00. The molecule has 0 saturated heterocycles. The maximum absolute atomic E-state index is 10.6. The first kappa shape index (κ1) is 24.8. The lowest BCUT2D eigenvalue weighted by Gasteiger charge is -2.42. The second kappa shape index (κ2) is 9.98. The van der Waals surface area contributed by atoms with Crippen molar-refractivity contribution in [3.05, 3.63) is 59.2 Å². The zero-order valence-electron chi connectivity index (χ0n) is 20.8. The Kier molecular flexibility index (Phi) is 7.74. The third kappa shape index (κ3) is 5.56. The van der Waals surface area contributed by atoms with E-state index in [-0.39, 0.29) is 23.7 Å². The molecule has 4 nitrogen and oxygen atoms in total. The highest BCUT2D eigenvalue weighted by Gasteiger charge is 2.42. The van der Waals surface area contributed by atoms with Gasteiger partial charge < -0.3 is 19.0 Å². The standard InChI is InChI=1S/C27H40O4Si/c1-27(2,3)32(6,7)31-26(22-15-24(29-4)17-25(16-22)30-5)23(18-28)14-19-12-20-10-8-9-11-21(20)13-19/h8-11,15-17,19,23,26,28H,12-14,18H2,1-7H3/t23-,26+/m0/s1. The molecule has 3 rings (SSSR count). The van der Waals surface area contributed by atoms with Crippen LogP contribution in [0.3, 0.4) is 0 Å². The van der Waals surface area contributed by atoms with Crippen LogP contribution in [0.2, 0.25) is 18.1 Å². The van der Waals surface area contributed by atoms with Crippen LogP contribution in [0.25, 0.3) is 0 Å². The van der Waals surface area contributed by atoms with E-state index in [1.807, 2.05) is 18.2 Å². The number of fused-ring (bicyclic) bond motifs is 1. The van der Waals surface area contributed by atoms with Crippen LogP contribution in [0.5, 0.6) is 11.5 Å². The fourth-order valence-corrected chi connectivity index (χ4v) is 5.78. The molecular weight excluding hydrogens is 416 g/mol. The molecule has 0 unspecified atom stereocenters. The molecule has 1 aliphatic rings. The lowest BCUT2D eigenvalue weighted by Crippen LogP contribution is -2.43. The summed E-state index contributed by atoms with van der Waals surface area (Å²) in [6, 6.07) is 14.7. The van der Waals surface area contributed by atoms with Gasteiger partial charge >= 0.3 is 0 Å². The predicted molar refractivity (Wildman–Crippen MR) is 133 cm³/mol. The molecule has 0 fully saturated rings. The van der Waals surface area contributed by atoms with Crippen molar-refractivity contribution in [1.82, 2.24) is 0 Å². The SMILES string of the molecule is COc1cc(OC)cc([C@@H](O[Si](C)(C)C(C)(C)C)[C@H](CO)CC2Cc3ccccc3C2)c1. The minimum Gasteiger partial charge on any atom is -0.497 e. The number of rotatable bonds is 9. The zero-order valence-corrected chi connectivity index (χ0v) is 21.8. The molecule has 176 valence electrons. The summed E-state index contributed by atoms with van der Waals surface area (Å²) in [4.78, 5) is 0. The molecule has 0 radical (unpaired) electrons. The van der Waals surface area contributed by atoms with Crippen LogP contribution in [0, 0.1) is 11.8 Å². The van der Waals surface area contributed by atoms with Gasteiger partial charge in [0, 0.05) is 18.6 Å². The van der Waals surface area contributed by atoms with E-state index in [0.717, 1.165) is 36.3 Å². The molecule has 0 aliphatic heterocycles. The fourth-order valence-electron chi connectivity index (χ4n) is 4.46. The maximum atomic E-state index is 10.6. The fraction of sp³-hybridized carbons (Fsp3) is 0.556. The van der Waals surface area contributed by atoms with Crippen molar-refractivity contribution in [2.24, 2.45) is 11.8 Å². The largest absolute Gasteiger partial charge is 0.497 e. The number of methoxy groups -OCH3 is 2. The molecule has 2 aromatic carbocycles. The summed E-state index contributed by atoms with van der Waals surface area (Å²) in [6.45, 7) is 11.4. The number of benzene rings is 2. The van der Waals surface area contributed by atoms with Gasteiger partial charge in [0.05, 0.1) is 20.3 Å². The van der Waals surface area contributed by atoms with E-state index < -0.39 is 8.32 Å². The number of hydrogen-bond donors (Lipinski definition) is 1. The number of aliphatic hydroxyl groups is 1. The Morgan fingerprint density at radius 2 is 1.50 bits per heavy atom. The summed E-state index contributed by atoms with van der Waals surface area (Å²) in [6.07, 6.45) is 2.85. The molecule has 2 atom stereocenters. The average Bonchev–Trinajstić information content (AvgIpc) is 3.17. The highest BCUT2D eigenvalue weighted by molar-refractivity contribution is 6.74. The summed E-state index contributed by atoms with van der Waals surface area (Å²) in [5.41, 5.74) is 3.90. The summed E-state index contributed by atoms with van der Waals surface area (Å²) >= 11 is 0. The quantitative estimate of drug-likeness (QED) is 0.458. The number of aliphatic hydroxyl groups excluding tert-OH is 1. The lowest BCUT2D eigenvalue weighted by atomic mass is 9.86. The Morgan fingerprint density at radius 1 is 0.969 bits per heavy atom. The Bertz CT molecular complexity index is 856. The van der Waals surface area contributed by atoms with Crippen LogP contribution in [0.4, 0.5) is 0 Å². The van der Waals surface area contributed by atoms with E-state index in [4.69, 9.17) is 13.9 Å². The molecule has 0 bridgehead atoms. The van der Waals surface area contributed by atoms with Gasteiger partial charge in [0.1, 0.15) is 11.5 Å². The van der Waals surface area contributed by atoms with Crippen molar-refractivity contribution in [3.63, 3.8) is 0 Å². The average molecular weight is 457 g/mol. The van der Waals surface area contributed by atoms with Gasteiger partial charge in [-0.2, -0.15) is 0 Å². The molecule has 0 saturated carbocycles. The van der Waals surface area contributed by atoms with Gasteiger partial charge in [-0.25, -0.2) is 0 Å². The molecule has 0 heterocycles. The first-order valence-corrected chi connectivity index (χ1v) is 14.6. The Labute approximate surface area is 195 Å². The highest BCUT2D eigenvalue weighted by atomic mass is 28.4.